The number of rotatable bonds is 8. The highest BCUT2D eigenvalue weighted by Gasteiger charge is 2.13. The maximum absolute atomic E-state index is 12.4. The van der Waals surface area contributed by atoms with Gasteiger partial charge in [0.25, 0.3) is 11.8 Å². The Balaban J connectivity index is 1.92. The highest BCUT2D eigenvalue weighted by atomic mass is 32.1. The Labute approximate surface area is 169 Å². The zero-order valence-electron chi connectivity index (χ0n) is 15.8. The van der Waals surface area contributed by atoms with Crippen molar-refractivity contribution in [1.29, 1.82) is 0 Å². The number of ether oxygens (including phenoxy) is 2. The second-order valence-corrected chi connectivity index (χ2v) is 6.07. The molecule has 0 heterocycles. The SMILES string of the molecule is CCOc1ccccc1C(=O)NC(=S)Nc1ccc(C(=O)NCCOC)cc1. The van der Waals surface area contributed by atoms with Gasteiger partial charge in [0.2, 0.25) is 0 Å². The Hall–Kier alpha value is -2.97. The average Bonchev–Trinajstić information content (AvgIpc) is 2.69. The number of anilines is 1. The van der Waals surface area contributed by atoms with Crippen molar-refractivity contribution in [3.63, 3.8) is 0 Å². The first-order valence-electron chi connectivity index (χ1n) is 8.76. The van der Waals surface area contributed by atoms with Crippen LogP contribution in [-0.2, 0) is 4.74 Å². The molecule has 0 aliphatic rings. The summed E-state index contributed by atoms with van der Waals surface area (Å²) in [5.41, 5.74) is 1.57. The first-order valence-corrected chi connectivity index (χ1v) is 9.17. The van der Waals surface area contributed by atoms with Gasteiger partial charge in [0, 0.05) is 24.9 Å². The van der Waals surface area contributed by atoms with Crippen LogP contribution >= 0.6 is 12.2 Å². The summed E-state index contributed by atoms with van der Waals surface area (Å²) in [6.45, 7) is 3.20. The fourth-order valence-electron chi connectivity index (χ4n) is 2.34. The van der Waals surface area contributed by atoms with Crippen LogP contribution in [0.4, 0.5) is 5.69 Å². The fourth-order valence-corrected chi connectivity index (χ4v) is 2.55. The largest absolute Gasteiger partial charge is 0.493 e. The Bertz CT molecular complexity index is 824. The van der Waals surface area contributed by atoms with Crippen LogP contribution in [0.2, 0.25) is 0 Å². The Morgan fingerprint density at radius 2 is 1.75 bits per heavy atom. The molecule has 0 aromatic heterocycles. The van der Waals surface area contributed by atoms with E-state index in [4.69, 9.17) is 21.7 Å². The molecule has 0 aliphatic carbocycles. The molecule has 7 nitrogen and oxygen atoms in total. The van der Waals surface area contributed by atoms with Gasteiger partial charge in [-0.1, -0.05) is 12.1 Å². The molecule has 0 bridgehead atoms. The van der Waals surface area contributed by atoms with Gasteiger partial charge in [-0.15, -0.1) is 0 Å². The lowest BCUT2D eigenvalue weighted by Gasteiger charge is -2.12. The lowest BCUT2D eigenvalue weighted by molar-refractivity contribution is 0.0935. The molecule has 0 aliphatic heterocycles. The van der Waals surface area contributed by atoms with E-state index >= 15 is 0 Å². The molecule has 0 saturated heterocycles. The molecular weight excluding hydrogens is 378 g/mol. The molecule has 2 rings (SSSR count). The van der Waals surface area contributed by atoms with Crippen LogP contribution in [0.1, 0.15) is 27.6 Å². The monoisotopic (exact) mass is 401 g/mol. The summed E-state index contributed by atoms with van der Waals surface area (Å²) in [6.07, 6.45) is 0. The lowest BCUT2D eigenvalue weighted by atomic mass is 10.2. The van der Waals surface area contributed by atoms with Gasteiger partial charge in [0.1, 0.15) is 5.75 Å². The third kappa shape index (κ3) is 6.33. The van der Waals surface area contributed by atoms with Gasteiger partial charge >= 0.3 is 0 Å². The predicted molar refractivity (Wildman–Crippen MR) is 112 cm³/mol. The number of hydrogen-bond donors (Lipinski definition) is 3. The number of nitrogens with one attached hydrogen (secondary N) is 3. The van der Waals surface area contributed by atoms with E-state index < -0.39 is 0 Å². The van der Waals surface area contributed by atoms with Crippen LogP contribution in [-0.4, -0.2) is 43.8 Å². The zero-order chi connectivity index (χ0) is 20.4. The van der Waals surface area contributed by atoms with Crippen molar-refractivity contribution in [2.24, 2.45) is 0 Å². The quantitative estimate of drug-likeness (QED) is 0.465. The number of methoxy groups -OCH3 is 1. The molecule has 0 saturated carbocycles. The molecule has 0 radical (unpaired) electrons. The maximum atomic E-state index is 12.4. The summed E-state index contributed by atoms with van der Waals surface area (Å²) in [5, 5.41) is 8.43. The first-order chi connectivity index (χ1) is 13.5. The second kappa shape index (κ2) is 11.0. The molecule has 148 valence electrons. The van der Waals surface area contributed by atoms with Gasteiger partial charge in [-0.3, -0.25) is 14.9 Å². The lowest BCUT2D eigenvalue weighted by Crippen LogP contribution is -2.34. The summed E-state index contributed by atoms with van der Waals surface area (Å²) < 4.78 is 10.4. The highest BCUT2D eigenvalue weighted by Crippen LogP contribution is 2.17. The molecule has 0 spiro atoms. The van der Waals surface area contributed by atoms with E-state index in [-0.39, 0.29) is 16.9 Å². The number of benzene rings is 2. The van der Waals surface area contributed by atoms with Gasteiger partial charge in [0.15, 0.2) is 5.11 Å². The minimum absolute atomic E-state index is 0.147. The summed E-state index contributed by atoms with van der Waals surface area (Å²) in [7, 11) is 1.57. The van der Waals surface area contributed by atoms with Gasteiger partial charge in [-0.25, -0.2) is 0 Å². The Kier molecular flexibility index (Phi) is 8.38. The number of carbonyl (C=O) groups is 2. The van der Waals surface area contributed by atoms with Crippen molar-refractivity contribution >= 4 is 34.8 Å². The van der Waals surface area contributed by atoms with Crippen molar-refractivity contribution in [2.75, 3.05) is 32.2 Å². The van der Waals surface area contributed by atoms with E-state index in [1.807, 2.05) is 6.92 Å². The van der Waals surface area contributed by atoms with E-state index in [1.54, 1.807) is 55.6 Å². The number of amides is 2. The molecular formula is C20H23N3O4S. The molecule has 2 aromatic carbocycles. The van der Waals surface area contributed by atoms with Gasteiger partial charge in [0.05, 0.1) is 18.8 Å². The average molecular weight is 401 g/mol. The zero-order valence-corrected chi connectivity index (χ0v) is 16.6. The summed E-state index contributed by atoms with van der Waals surface area (Å²) in [5.74, 6) is -0.0585. The van der Waals surface area contributed by atoms with Crippen LogP contribution in [0, 0.1) is 0 Å². The van der Waals surface area contributed by atoms with E-state index in [0.717, 1.165) is 0 Å². The molecule has 8 heteroatoms. The van der Waals surface area contributed by atoms with E-state index in [0.29, 0.717) is 42.3 Å². The predicted octanol–water partition coefficient (Wildman–Crippen LogP) is 2.59. The molecule has 0 atom stereocenters. The molecule has 2 aromatic rings. The molecule has 2 amide bonds. The molecule has 28 heavy (non-hydrogen) atoms. The van der Waals surface area contributed by atoms with E-state index in [2.05, 4.69) is 16.0 Å². The minimum Gasteiger partial charge on any atom is -0.493 e. The highest BCUT2D eigenvalue weighted by molar-refractivity contribution is 7.80. The van der Waals surface area contributed by atoms with Crippen molar-refractivity contribution in [1.82, 2.24) is 10.6 Å². The second-order valence-electron chi connectivity index (χ2n) is 5.66. The topological polar surface area (TPSA) is 88.7 Å². The normalized spacial score (nSPS) is 10.1. The summed E-state index contributed by atoms with van der Waals surface area (Å²) in [6, 6.07) is 13.7. The minimum atomic E-state index is -0.365. The van der Waals surface area contributed by atoms with E-state index in [9.17, 15) is 9.59 Å². The van der Waals surface area contributed by atoms with Crippen molar-refractivity contribution in [3.8, 4) is 5.75 Å². The Morgan fingerprint density at radius 3 is 2.43 bits per heavy atom. The smallest absolute Gasteiger partial charge is 0.261 e. The van der Waals surface area contributed by atoms with Crippen LogP contribution in [0.15, 0.2) is 48.5 Å². The van der Waals surface area contributed by atoms with Gasteiger partial charge in [-0.2, -0.15) is 0 Å². The number of hydrogen-bond acceptors (Lipinski definition) is 5. The van der Waals surface area contributed by atoms with Crippen molar-refractivity contribution < 1.29 is 19.1 Å². The molecule has 0 unspecified atom stereocenters. The standard InChI is InChI=1S/C20H23N3O4S/c1-3-27-17-7-5-4-6-16(17)19(25)23-20(28)22-15-10-8-14(9-11-15)18(24)21-12-13-26-2/h4-11H,3,12-13H2,1-2H3,(H,21,24)(H2,22,23,25,28). The third-order valence-electron chi connectivity index (χ3n) is 3.66. The molecule has 0 fully saturated rings. The van der Waals surface area contributed by atoms with Crippen LogP contribution in [0.25, 0.3) is 0 Å². The summed E-state index contributed by atoms with van der Waals surface area (Å²) in [4.78, 5) is 24.4. The van der Waals surface area contributed by atoms with Crippen molar-refractivity contribution in [3.05, 3.63) is 59.7 Å². The maximum Gasteiger partial charge on any atom is 0.261 e. The summed E-state index contributed by atoms with van der Waals surface area (Å²) >= 11 is 5.20. The van der Waals surface area contributed by atoms with E-state index in [1.165, 1.54) is 0 Å². The van der Waals surface area contributed by atoms with Crippen LogP contribution < -0.4 is 20.7 Å². The fraction of sp³-hybridized carbons (Fsp3) is 0.250. The first kappa shape index (κ1) is 21.3. The van der Waals surface area contributed by atoms with Gasteiger partial charge in [-0.05, 0) is 55.5 Å². The number of para-hydroxylation sites is 1. The van der Waals surface area contributed by atoms with Crippen LogP contribution in [0.3, 0.4) is 0 Å². The number of thiocarbonyl (C=S) groups is 1. The molecule has 3 N–H and O–H groups in total. The van der Waals surface area contributed by atoms with Crippen molar-refractivity contribution in [2.45, 2.75) is 6.92 Å². The third-order valence-corrected chi connectivity index (χ3v) is 3.86. The Morgan fingerprint density at radius 1 is 1.04 bits per heavy atom. The number of carbonyl (C=O) groups excluding carboxylic acids is 2. The van der Waals surface area contributed by atoms with Gasteiger partial charge < -0.3 is 20.1 Å². The van der Waals surface area contributed by atoms with Crippen LogP contribution in [0.5, 0.6) is 5.75 Å².